The SMILES string of the molecule is CN(CC1COC2(CCC(c3ccccc3)CC2)O1)C1CCCCC1. The van der Waals surface area contributed by atoms with E-state index in [4.69, 9.17) is 9.47 Å². The average Bonchev–Trinajstić information content (AvgIpc) is 3.06. The first-order valence-corrected chi connectivity index (χ1v) is 10.3. The van der Waals surface area contributed by atoms with Crippen LogP contribution in [0.3, 0.4) is 0 Å². The first kappa shape index (κ1) is 17.5. The van der Waals surface area contributed by atoms with Crippen LogP contribution >= 0.6 is 0 Å². The number of nitrogens with zero attached hydrogens (tertiary/aromatic N) is 1. The molecule has 3 heteroatoms. The van der Waals surface area contributed by atoms with Crippen molar-refractivity contribution in [3.05, 3.63) is 35.9 Å². The summed E-state index contributed by atoms with van der Waals surface area (Å²) >= 11 is 0. The summed E-state index contributed by atoms with van der Waals surface area (Å²) in [6, 6.07) is 11.7. The Labute approximate surface area is 152 Å². The molecule has 1 atom stereocenters. The molecule has 1 aromatic carbocycles. The second-order valence-electron chi connectivity index (χ2n) is 8.38. The summed E-state index contributed by atoms with van der Waals surface area (Å²) in [5.41, 5.74) is 1.48. The Hall–Kier alpha value is -0.900. The molecule has 1 heterocycles. The fraction of sp³-hybridized carbons (Fsp3) is 0.727. The van der Waals surface area contributed by atoms with Crippen LogP contribution in [0.15, 0.2) is 30.3 Å². The second-order valence-corrected chi connectivity index (χ2v) is 8.38. The maximum atomic E-state index is 6.47. The van der Waals surface area contributed by atoms with Gasteiger partial charge in [-0.2, -0.15) is 0 Å². The lowest BCUT2D eigenvalue weighted by Gasteiger charge is -2.37. The van der Waals surface area contributed by atoms with Gasteiger partial charge in [0.05, 0.1) is 12.7 Å². The summed E-state index contributed by atoms with van der Waals surface area (Å²) in [5, 5.41) is 0. The van der Waals surface area contributed by atoms with Gasteiger partial charge in [-0.25, -0.2) is 0 Å². The smallest absolute Gasteiger partial charge is 0.169 e. The zero-order valence-corrected chi connectivity index (χ0v) is 15.7. The van der Waals surface area contributed by atoms with Crippen molar-refractivity contribution in [2.45, 2.75) is 81.6 Å². The van der Waals surface area contributed by atoms with Crippen LogP contribution < -0.4 is 0 Å². The molecule has 0 radical (unpaired) electrons. The van der Waals surface area contributed by atoms with Crippen LogP contribution in [0.2, 0.25) is 0 Å². The van der Waals surface area contributed by atoms with Crippen LogP contribution in [0.1, 0.15) is 69.3 Å². The van der Waals surface area contributed by atoms with Gasteiger partial charge in [-0.3, -0.25) is 0 Å². The summed E-state index contributed by atoms with van der Waals surface area (Å²) in [7, 11) is 2.27. The number of hydrogen-bond donors (Lipinski definition) is 0. The summed E-state index contributed by atoms with van der Waals surface area (Å²) in [4.78, 5) is 2.53. The second kappa shape index (κ2) is 7.77. The van der Waals surface area contributed by atoms with Crippen molar-refractivity contribution >= 4 is 0 Å². The van der Waals surface area contributed by atoms with Gasteiger partial charge >= 0.3 is 0 Å². The van der Waals surface area contributed by atoms with Crippen molar-refractivity contribution in [1.82, 2.24) is 4.90 Å². The molecule has 0 aromatic heterocycles. The Morgan fingerprint density at radius 3 is 2.44 bits per heavy atom. The van der Waals surface area contributed by atoms with Crippen LogP contribution in [-0.4, -0.2) is 43.0 Å². The van der Waals surface area contributed by atoms with Gasteiger partial charge in [-0.05, 0) is 44.2 Å². The van der Waals surface area contributed by atoms with Crippen LogP contribution in [-0.2, 0) is 9.47 Å². The molecule has 3 fully saturated rings. The third kappa shape index (κ3) is 4.10. The topological polar surface area (TPSA) is 21.7 Å². The van der Waals surface area contributed by atoms with Gasteiger partial charge in [0.1, 0.15) is 0 Å². The lowest BCUT2D eigenvalue weighted by molar-refractivity contribution is -0.190. The first-order valence-electron chi connectivity index (χ1n) is 10.3. The molecule has 3 aliphatic rings. The van der Waals surface area contributed by atoms with E-state index in [1.54, 1.807) is 0 Å². The highest BCUT2D eigenvalue weighted by Crippen LogP contribution is 2.43. The first-order chi connectivity index (χ1) is 12.2. The Morgan fingerprint density at radius 2 is 1.72 bits per heavy atom. The molecule has 3 nitrogen and oxygen atoms in total. The van der Waals surface area contributed by atoms with Crippen molar-refractivity contribution in [2.75, 3.05) is 20.2 Å². The Balaban J connectivity index is 1.27. The van der Waals surface area contributed by atoms with Crippen molar-refractivity contribution in [2.24, 2.45) is 0 Å². The zero-order valence-electron chi connectivity index (χ0n) is 15.7. The zero-order chi connectivity index (χ0) is 17.1. The van der Waals surface area contributed by atoms with E-state index in [-0.39, 0.29) is 11.9 Å². The van der Waals surface area contributed by atoms with Crippen molar-refractivity contribution in [3.8, 4) is 0 Å². The van der Waals surface area contributed by atoms with E-state index in [9.17, 15) is 0 Å². The molecular formula is C22H33NO2. The third-order valence-corrected chi connectivity index (χ3v) is 6.62. The summed E-state index contributed by atoms with van der Waals surface area (Å²) in [6.07, 6.45) is 11.6. The summed E-state index contributed by atoms with van der Waals surface area (Å²) in [6.45, 7) is 1.79. The standard InChI is InChI=1S/C22H33NO2/c1-23(20-10-6-3-7-11-20)16-21-17-24-22(25-21)14-12-19(13-15-22)18-8-4-2-5-9-18/h2,4-5,8-9,19-21H,3,6-7,10-17H2,1H3. The van der Waals surface area contributed by atoms with Crippen LogP contribution in [0.4, 0.5) is 0 Å². The highest BCUT2D eigenvalue weighted by molar-refractivity contribution is 5.20. The van der Waals surface area contributed by atoms with E-state index < -0.39 is 0 Å². The van der Waals surface area contributed by atoms with E-state index in [0.717, 1.165) is 32.0 Å². The predicted octanol–water partition coefficient (Wildman–Crippen LogP) is 4.72. The molecule has 138 valence electrons. The van der Waals surface area contributed by atoms with Crippen LogP contribution in [0, 0.1) is 0 Å². The van der Waals surface area contributed by atoms with Gasteiger partial charge in [0.15, 0.2) is 5.79 Å². The van der Waals surface area contributed by atoms with Gasteiger partial charge in [0.25, 0.3) is 0 Å². The fourth-order valence-corrected chi connectivity index (χ4v) is 5.08. The Kier molecular flexibility index (Phi) is 5.44. The Bertz CT molecular complexity index is 532. The van der Waals surface area contributed by atoms with E-state index in [2.05, 4.69) is 42.3 Å². The van der Waals surface area contributed by atoms with E-state index in [1.807, 2.05) is 0 Å². The summed E-state index contributed by atoms with van der Waals surface area (Å²) < 4.78 is 12.7. The molecule has 2 saturated carbocycles. The van der Waals surface area contributed by atoms with E-state index >= 15 is 0 Å². The predicted molar refractivity (Wildman–Crippen MR) is 101 cm³/mol. The molecule has 1 aromatic rings. The molecule has 1 unspecified atom stereocenters. The molecule has 0 amide bonds. The van der Waals surface area contributed by atoms with Crippen molar-refractivity contribution in [3.63, 3.8) is 0 Å². The number of ether oxygens (including phenoxy) is 2. The summed E-state index contributed by atoms with van der Waals surface area (Å²) in [5.74, 6) is 0.381. The molecule has 4 rings (SSSR count). The molecule has 0 bridgehead atoms. The highest BCUT2D eigenvalue weighted by Gasteiger charge is 2.44. The molecule has 1 aliphatic heterocycles. The van der Waals surface area contributed by atoms with Crippen molar-refractivity contribution in [1.29, 1.82) is 0 Å². The molecule has 0 N–H and O–H groups in total. The van der Waals surface area contributed by atoms with Gasteiger partial charge in [0, 0.05) is 25.4 Å². The number of hydrogen-bond acceptors (Lipinski definition) is 3. The maximum absolute atomic E-state index is 6.47. The molecule has 1 spiro atoms. The lowest BCUT2D eigenvalue weighted by atomic mass is 9.81. The monoisotopic (exact) mass is 343 g/mol. The minimum atomic E-state index is -0.288. The maximum Gasteiger partial charge on any atom is 0.169 e. The normalized spacial score (nSPS) is 34.0. The fourth-order valence-electron chi connectivity index (χ4n) is 5.08. The van der Waals surface area contributed by atoms with Crippen LogP contribution in [0.25, 0.3) is 0 Å². The number of likely N-dealkylation sites (N-methyl/N-ethyl adjacent to an activating group) is 1. The average molecular weight is 344 g/mol. The highest BCUT2D eigenvalue weighted by atomic mass is 16.7. The van der Waals surface area contributed by atoms with Crippen LogP contribution in [0.5, 0.6) is 0 Å². The number of benzene rings is 1. The van der Waals surface area contributed by atoms with E-state index in [0.29, 0.717) is 5.92 Å². The van der Waals surface area contributed by atoms with E-state index in [1.165, 1.54) is 50.5 Å². The van der Waals surface area contributed by atoms with Gasteiger partial charge < -0.3 is 14.4 Å². The molecule has 25 heavy (non-hydrogen) atoms. The molecular weight excluding hydrogens is 310 g/mol. The molecule has 2 aliphatic carbocycles. The number of rotatable bonds is 4. The van der Waals surface area contributed by atoms with Gasteiger partial charge in [-0.1, -0.05) is 49.6 Å². The van der Waals surface area contributed by atoms with Crippen molar-refractivity contribution < 1.29 is 9.47 Å². The van der Waals surface area contributed by atoms with Gasteiger partial charge in [-0.15, -0.1) is 0 Å². The Morgan fingerprint density at radius 1 is 1.00 bits per heavy atom. The third-order valence-electron chi connectivity index (χ3n) is 6.62. The quantitative estimate of drug-likeness (QED) is 0.789. The lowest BCUT2D eigenvalue weighted by Crippen LogP contribution is -2.41. The largest absolute Gasteiger partial charge is 0.347 e. The minimum Gasteiger partial charge on any atom is -0.347 e. The minimum absolute atomic E-state index is 0.250. The molecule has 1 saturated heterocycles. The van der Waals surface area contributed by atoms with Gasteiger partial charge in [0.2, 0.25) is 0 Å².